The van der Waals surface area contributed by atoms with E-state index in [4.69, 9.17) is 4.84 Å². The molecule has 7 nitrogen and oxygen atoms in total. The van der Waals surface area contributed by atoms with Crippen molar-refractivity contribution in [3.63, 3.8) is 0 Å². The van der Waals surface area contributed by atoms with Gasteiger partial charge in [-0.1, -0.05) is 22.4 Å². The summed E-state index contributed by atoms with van der Waals surface area (Å²) in [5, 5.41) is 9.72. The molecule has 10 heteroatoms. The van der Waals surface area contributed by atoms with Crippen molar-refractivity contribution in [1.82, 2.24) is 15.5 Å². The largest absolute Gasteiger partial charge is 0.471 e. The number of oxime groups is 1. The molecule has 0 aliphatic heterocycles. The summed E-state index contributed by atoms with van der Waals surface area (Å²) in [5.74, 6) is -1.90. The average Bonchev–Trinajstić information content (AvgIpc) is 3.11. The second kappa shape index (κ2) is 8.97. The van der Waals surface area contributed by atoms with Gasteiger partial charge in [-0.25, -0.2) is 0 Å². The second-order valence-electron chi connectivity index (χ2n) is 5.10. The lowest BCUT2D eigenvalue weighted by Gasteiger charge is -2.04. The van der Waals surface area contributed by atoms with E-state index in [1.54, 1.807) is 6.21 Å². The zero-order valence-electron chi connectivity index (χ0n) is 13.9. The van der Waals surface area contributed by atoms with Gasteiger partial charge in [0.25, 0.3) is 5.91 Å². The van der Waals surface area contributed by atoms with Crippen molar-refractivity contribution in [2.24, 2.45) is 5.16 Å². The lowest BCUT2D eigenvalue weighted by Crippen LogP contribution is -2.24. The highest BCUT2D eigenvalue weighted by Gasteiger charge is 2.38. The van der Waals surface area contributed by atoms with E-state index >= 15 is 0 Å². The van der Waals surface area contributed by atoms with Crippen LogP contribution in [-0.4, -0.2) is 35.4 Å². The van der Waals surface area contributed by atoms with Crippen LogP contribution in [-0.2, 0) is 11.0 Å². The first kappa shape index (κ1) is 19.4. The Kier molecular flexibility index (Phi) is 6.70. The molecule has 0 fully saturated rings. The third-order valence-electron chi connectivity index (χ3n) is 3.15. The normalized spacial score (nSPS) is 11.7. The Labute approximate surface area is 147 Å². The minimum Gasteiger partial charge on any atom is -0.396 e. The fourth-order valence-electron chi connectivity index (χ4n) is 1.90. The number of carbonyl (C=O) groups is 1. The van der Waals surface area contributed by atoms with Crippen LogP contribution in [0.4, 0.5) is 13.2 Å². The van der Waals surface area contributed by atoms with Crippen molar-refractivity contribution in [3.05, 3.63) is 35.7 Å². The quantitative estimate of drug-likeness (QED) is 0.438. The molecule has 1 aromatic heterocycles. The summed E-state index contributed by atoms with van der Waals surface area (Å²) in [4.78, 5) is 20.1. The molecule has 0 saturated carbocycles. The molecule has 0 aliphatic carbocycles. The number of halogens is 3. The molecule has 0 atom stereocenters. The van der Waals surface area contributed by atoms with E-state index in [2.05, 4.69) is 25.1 Å². The topological polar surface area (TPSA) is 89.6 Å². The predicted octanol–water partition coefficient (Wildman–Crippen LogP) is 3.29. The Morgan fingerprint density at radius 3 is 2.69 bits per heavy atom. The predicted molar refractivity (Wildman–Crippen MR) is 86.4 cm³/mol. The van der Waals surface area contributed by atoms with E-state index < -0.39 is 12.1 Å². The van der Waals surface area contributed by atoms with E-state index in [9.17, 15) is 18.0 Å². The van der Waals surface area contributed by atoms with Crippen molar-refractivity contribution in [1.29, 1.82) is 0 Å². The van der Waals surface area contributed by atoms with Gasteiger partial charge in [-0.15, -0.1) is 0 Å². The fraction of sp³-hybridized carbons (Fsp3) is 0.375. The Bertz CT molecular complexity index is 742. The van der Waals surface area contributed by atoms with Crippen molar-refractivity contribution >= 4 is 12.1 Å². The Morgan fingerprint density at radius 2 is 2.08 bits per heavy atom. The average molecular weight is 370 g/mol. The first-order valence-corrected chi connectivity index (χ1v) is 7.85. The molecule has 1 amide bonds. The second-order valence-corrected chi connectivity index (χ2v) is 5.10. The van der Waals surface area contributed by atoms with E-state index in [0.717, 1.165) is 0 Å². The molecule has 26 heavy (non-hydrogen) atoms. The molecule has 0 saturated heterocycles. The lowest BCUT2D eigenvalue weighted by atomic mass is 10.1. The van der Waals surface area contributed by atoms with Gasteiger partial charge in [-0.3, -0.25) is 4.79 Å². The highest BCUT2D eigenvalue weighted by Crippen LogP contribution is 2.29. The summed E-state index contributed by atoms with van der Waals surface area (Å²) in [6, 6.07) is 5.86. The van der Waals surface area contributed by atoms with Crippen molar-refractivity contribution < 1.29 is 27.3 Å². The fourth-order valence-corrected chi connectivity index (χ4v) is 1.90. The Hall–Kier alpha value is -2.91. The molecule has 1 N–H and O–H groups in total. The first-order valence-electron chi connectivity index (χ1n) is 7.85. The number of rotatable bonds is 8. The van der Waals surface area contributed by atoms with Gasteiger partial charge in [0.15, 0.2) is 0 Å². The van der Waals surface area contributed by atoms with E-state index in [1.165, 1.54) is 24.3 Å². The number of hydrogen-bond donors (Lipinski definition) is 1. The maximum absolute atomic E-state index is 12.5. The highest BCUT2D eigenvalue weighted by atomic mass is 19.4. The summed E-state index contributed by atoms with van der Waals surface area (Å²) in [7, 11) is 0. The SMILES string of the molecule is CCON=CCCCNC(=O)c1ccc(-c2noc(C(F)(F)F)n2)cc1. The first-order chi connectivity index (χ1) is 12.4. The van der Waals surface area contributed by atoms with Crippen LogP contribution in [0.2, 0.25) is 0 Å². The minimum absolute atomic E-state index is 0.196. The molecule has 0 bridgehead atoms. The third-order valence-corrected chi connectivity index (χ3v) is 3.15. The molecule has 1 heterocycles. The summed E-state index contributed by atoms with van der Waals surface area (Å²) in [6.45, 7) is 2.79. The number of nitrogens with one attached hydrogen (secondary N) is 1. The number of unbranched alkanes of at least 4 members (excludes halogenated alkanes) is 1. The Morgan fingerprint density at radius 1 is 1.35 bits per heavy atom. The van der Waals surface area contributed by atoms with Crippen molar-refractivity contribution in [2.45, 2.75) is 25.9 Å². The highest BCUT2D eigenvalue weighted by molar-refractivity contribution is 5.94. The number of hydrogen-bond acceptors (Lipinski definition) is 6. The zero-order chi connectivity index (χ0) is 19.0. The van der Waals surface area contributed by atoms with Gasteiger partial charge in [0.2, 0.25) is 5.82 Å². The van der Waals surface area contributed by atoms with E-state index in [-0.39, 0.29) is 11.7 Å². The smallest absolute Gasteiger partial charge is 0.396 e. The van der Waals surface area contributed by atoms with Gasteiger partial charge in [0.05, 0.1) is 0 Å². The van der Waals surface area contributed by atoms with Gasteiger partial charge in [0, 0.05) is 23.9 Å². The van der Waals surface area contributed by atoms with Crippen LogP contribution in [0.25, 0.3) is 11.4 Å². The summed E-state index contributed by atoms with van der Waals surface area (Å²) < 4.78 is 41.5. The maximum Gasteiger partial charge on any atom is 0.471 e. The molecule has 140 valence electrons. The maximum atomic E-state index is 12.5. The number of alkyl halides is 3. The number of aromatic nitrogens is 2. The van der Waals surface area contributed by atoms with Crippen LogP contribution >= 0.6 is 0 Å². The molecule has 2 aromatic rings. The molecule has 0 aliphatic rings. The number of nitrogens with zero attached hydrogens (tertiary/aromatic N) is 3. The molecule has 2 rings (SSSR count). The standard InChI is InChI=1S/C16H17F3N4O3/c1-2-25-21-10-4-3-9-20-14(24)12-7-5-11(6-8-12)13-22-15(26-23-13)16(17,18)19/h5-8,10H,2-4,9H2,1H3,(H,20,24). The van der Waals surface area contributed by atoms with Gasteiger partial charge in [-0.05, 0) is 31.9 Å². The molecular formula is C16H17F3N4O3. The van der Waals surface area contributed by atoms with Gasteiger partial charge < -0.3 is 14.7 Å². The van der Waals surface area contributed by atoms with Crippen LogP contribution in [0.5, 0.6) is 0 Å². The van der Waals surface area contributed by atoms with Crippen LogP contribution in [0.3, 0.4) is 0 Å². The third kappa shape index (κ3) is 5.57. The number of benzene rings is 1. The van der Waals surface area contributed by atoms with Crippen molar-refractivity contribution in [3.8, 4) is 11.4 Å². The van der Waals surface area contributed by atoms with Crippen LogP contribution in [0.15, 0.2) is 33.9 Å². The van der Waals surface area contributed by atoms with Gasteiger partial charge in [0.1, 0.15) is 6.61 Å². The van der Waals surface area contributed by atoms with Crippen LogP contribution in [0.1, 0.15) is 36.0 Å². The molecular weight excluding hydrogens is 353 g/mol. The molecule has 0 radical (unpaired) electrons. The molecule has 0 spiro atoms. The molecule has 1 aromatic carbocycles. The van der Waals surface area contributed by atoms with Gasteiger partial charge in [-0.2, -0.15) is 18.2 Å². The van der Waals surface area contributed by atoms with Crippen LogP contribution in [0, 0.1) is 0 Å². The lowest BCUT2D eigenvalue weighted by molar-refractivity contribution is -0.159. The van der Waals surface area contributed by atoms with Gasteiger partial charge >= 0.3 is 12.1 Å². The van der Waals surface area contributed by atoms with E-state index in [0.29, 0.717) is 37.1 Å². The molecule has 0 unspecified atom stereocenters. The minimum atomic E-state index is -4.70. The van der Waals surface area contributed by atoms with Crippen molar-refractivity contribution in [2.75, 3.05) is 13.2 Å². The summed E-state index contributed by atoms with van der Waals surface area (Å²) in [5.41, 5.74) is 0.684. The summed E-state index contributed by atoms with van der Waals surface area (Å²) >= 11 is 0. The van der Waals surface area contributed by atoms with Crippen LogP contribution < -0.4 is 5.32 Å². The number of amides is 1. The summed E-state index contributed by atoms with van der Waals surface area (Å²) in [6.07, 6.45) is -1.70. The Balaban J connectivity index is 1.86. The number of carbonyl (C=O) groups excluding carboxylic acids is 1. The van der Waals surface area contributed by atoms with E-state index in [1.807, 2.05) is 6.92 Å². The monoisotopic (exact) mass is 370 g/mol. The zero-order valence-corrected chi connectivity index (χ0v) is 13.9.